The Labute approximate surface area is 144 Å². The molecule has 0 aliphatic carbocycles. The molecule has 0 radical (unpaired) electrons. The van der Waals surface area contributed by atoms with Crippen molar-refractivity contribution in [2.75, 3.05) is 0 Å². The van der Waals surface area contributed by atoms with Crippen LogP contribution in [0, 0.1) is 5.92 Å². The molecule has 3 nitrogen and oxygen atoms in total. The second-order valence-electron chi connectivity index (χ2n) is 6.51. The fourth-order valence-electron chi connectivity index (χ4n) is 2.93. The molecule has 128 valence electrons. The number of unbranched alkanes of at least 4 members (excludes halogenated alkanes) is 2. The molecule has 2 aromatic rings. The van der Waals surface area contributed by atoms with Gasteiger partial charge in [-0.05, 0) is 36.0 Å². The van der Waals surface area contributed by atoms with Gasteiger partial charge in [0.25, 0.3) is 0 Å². The Balaban J connectivity index is 2.19. The van der Waals surface area contributed by atoms with Crippen LogP contribution in [0.5, 0.6) is 5.75 Å². The quantitative estimate of drug-likeness (QED) is 0.358. The number of carboxylic acid groups (broad SMARTS) is 1. The largest absolute Gasteiger partial charge is 0.511 e. The van der Waals surface area contributed by atoms with Crippen LogP contribution < -0.4 is 4.74 Å². The van der Waals surface area contributed by atoms with Gasteiger partial charge in [-0.3, -0.25) is 0 Å². The zero-order valence-electron chi connectivity index (χ0n) is 14.5. The first-order chi connectivity index (χ1) is 11.6. The molecule has 3 heteroatoms. The lowest BCUT2D eigenvalue weighted by molar-refractivity contribution is 0.144. The highest BCUT2D eigenvalue weighted by molar-refractivity contribution is 5.72. The van der Waals surface area contributed by atoms with Crippen molar-refractivity contribution in [1.82, 2.24) is 0 Å². The highest BCUT2D eigenvalue weighted by atomic mass is 16.7. The summed E-state index contributed by atoms with van der Waals surface area (Å²) in [6.07, 6.45) is 4.19. The molecule has 0 heterocycles. The smallest absolute Gasteiger partial charge is 0.449 e. The fourth-order valence-corrected chi connectivity index (χ4v) is 2.93. The van der Waals surface area contributed by atoms with E-state index in [-0.39, 0.29) is 0 Å². The van der Waals surface area contributed by atoms with Crippen LogP contribution in [0.25, 0.3) is 11.1 Å². The Morgan fingerprint density at radius 1 is 1.00 bits per heavy atom. The molecule has 1 N–H and O–H groups in total. The van der Waals surface area contributed by atoms with Gasteiger partial charge in [0, 0.05) is 5.56 Å². The zero-order valence-corrected chi connectivity index (χ0v) is 14.5. The van der Waals surface area contributed by atoms with E-state index in [4.69, 9.17) is 9.84 Å². The lowest BCUT2D eigenvalue weighted by Crippen LogP contribution is -2.06. The zero-order chi connectivity index (χ0) is 17.4. The molecular weight excluding hydrogens is 300 g/mol. The summed E-state index contributed by atoms with van der Waals surface area (Å²) in [5, 5.41) is 9.00. The highest BCUT2D eigenvalue weighted by Gasteiger charge is 2.13. The van der Waals surface area contributed by atoms with Crippen LogP contribution in [0.3, 0.4) is 0 Å². The molecule has 0 saturated heterocycles. The number of rotatable bonds is 8. The van der Waals surface area contributed by atoms with Crippen LogP contribution in [0.2, 0.25) is 0 Å². The number of ether oxygens (including phenoxy) is 1. The van der Waals surface area contributed by atoms with Gasteiger partial charge in [0.1, 0.15) is 5.75 Å². The topological polar surface area (TPSA) is 46.5 Å². The standard InChI is InChI=1S/C21H26O3/c1-16(2)10-5-3-8-13-19-18(17-11-6-4-7-12-17)14-9-15-20(19)24-21(22)23/h4,6-7,9,11-12,14-16H,3,5,8,10,13H2,1-2H3,(H,22,23). The van der Waals surface area contributed by atoms with Gasteiger partial charge >= 0.3 is 6.16 Å². The maximum atomic E-state index is 11.0. The number of benzene rings is 2. The molecule has 0 spiro atoms. The van der Waals surface area contributed by atoms with Gasteiger partial charge < -0.3 is 9.84 Å². The molecular formula is C21H26O3. The average molecular weight is 326 g/mol. The van der Waals surface area contributed by atoms with E-state index in [0.29, 0.717) is 5.75 Å². The SMILES string of the molecule is CC(C)CCCCCc1c(OC(=O)O)cccc1-c1ccccc1. The van der Waals surface area contributed by atoms with Crippen molar-refractivity contribution in [1.29, 1.82) is 0 Å². The second kappa shape index (κ2) is 9.11. The summed E-state index contributed by atoms with van der Waals surface area (Å²) in [6.45, 7) is 4.48. The van der Waals surface area contributed by atoms with E-state index in [2.05, 4.69) is 13.8 Å². The van der Waals surface area contributed by atoms with Crippen molar-refractivity contribution < 1.29 is 14.6 Å². The van der Waals surface area contributed by atoms with E-state index in [1.165, 1.54) is 12.8 Å². The van der Waals surface area contributed by atoms with Crippen LogP contribution >= 0.6 is 0 Å². The van der Waals surface area contributed by atoms with Crippen LogP contribution in [-0.4, -0.2) is 11.3 Å². The first-order valence-electron chi connectivity index (χ1n) is 8.66. The minimum atomic E-state index is -1.26. The minimum absolute atomic E-state index is 0.452. The molecule has 24 heavy (non-hydrogen) atoms. The van der Waals surface area contributed by atoms with Crippen molar-refractivity contribution in [3.63, 3.8) is 0 Å². The van der Waals surface area contributed by atoms with Gasteiger partial charge in [-0.25, -0.2) is 4.79 Å². The van der Waals surface area contributed by atoms with Crippen LogP contribution in [-0.2, 0) is 6.42 Å². The lowest BCUT2D eigenvalue weighted by Gasteiger charge is -2.14. The Hall–Kier alpha value is -2.29. The molecule has 0 amide bonds. The molecule has 2 rings (SSSR count). The average Bonchev–Trinajstić information content (AvgIpc) is 2.55. The Morgan fingerprint density at radius 3 is 2.42 bits per heavy atom. The van der Waals surface area contributed by atoms with Crippen molar-refractivity contribution in [3.8, 4) is 16.9 Å². The number of hydrogen-bond acceptors (Lipinski definition) is 2. The number of hydrogen-bond donors (Lipinski definition) is 1. The maximum absolute atomic E-state index is 11.0. The molecule has 0 fully saturated rings. The maximum Gasteiger partial charge on any atom is 0.511 e. The predicted molar refractivity (Wildman–Crippen MR) is 97.5 cm³/mol. The van der Waals surface area contributed by atoms with Crippen LogP contribution in [0.1, 0.15) is 45.1 Å². The third-order valence-electron chi connectivity index (χ3n) is 4.12. The third-order valence-corrected chi connectivity index (χ3v) is 4.12. The van der Waals surface area contributed by atoms with Gasteiger partial charge in [0.2, 0.25) is 0 Å². The molecule has 0 saturated carbocycles. The Morgan fingerprint density at radius 2 is 1.75 bits per heavy atom. The van der Waals surface area contributed by atoms with Gasteiger partial charge in [0.05, 0.1) is 0 Å². The van der Waals surface area contributed by atoms with E-state index < -0.39 is 6.16 Å². The van der Waals surface area contributed by atoms with Crippen molar-refractivity contribution in [2.45, 2.75) is 46.0 Å². The van der Waals surface area contributed by atoms with Crippen LogP contribution in [0.15, 0.2) is 48.5 Å². The summed E-state index contributed by atoms with van der Waals surface area (Å²) < 4.78 is 5.02. The molecule has 2 aromatic carbocycles. The van der Waals surface area contributed by atoms with Gasteiger partial charge in [-0.2, -0.15) is 0 Å². The predicted octanol–water partition coefficient (Wildman–Crippen LogP) is 6.17. The van der Waals surface area contributed by atoms with Gasteiger partial charge in [-0.1, -0.05) is 75.6 Å². The van der Waals surface area contributed by atoms with E-state index in [0.717, 1.165) is 41.9 Å². The Bertz CT molecular complexity index is 647. The van der Waals surface area contributed by atoms with E-state index in [1.54, 1.807) is 6.07 Å². The van der Waals surface area contributed by atoms with Crippen molar-refractivity contribution >= 4 is 6.16 Å². The molecule has 0 bridgehead atoms. The summed E-state index contributed by atoms with van der Waals surface area (Å²) in [5.74, 6) is 1.18. The monoisotopic (exact) mass is 326 g/mol. The summed E-state index contributed by atoms with van der Waals surface area (Å²) in [5.41, 5.74) is 3.12. The second-order valence-corrected chi connectivity index (χ2v) is 6.51. The van der Waals surface area contributed by atoms with E-state index in [9.17, 15) is 4.79 Å². The molecule has 0 aliphatic rings. The summed E-state index contributed by atoms with van der Waals surface area (Å²) >= 11 is 0. The fraction of sp³-hybridized carbons (Fsp3) is 0.381. The first-order valence-corrected chi connectivity index (χ1v) is 8.66. The lowest BCUT2D eigenvalue weighted by atomic mass is 9.94. The normalized spacial score (nSPS) is 10.8. The molecule has 0 aromatic heterocycles. The van der Waals surface area contributed by atoms with Crippen LogP contribution in [0.4, 0.5) is 4.79 Å². The molecule has 0 aliphatic heterocycles. The minimum Gasteiger partial charge on any atom is -0.449 e. The van der Waals surface area contributed by atoms with Gasteiger partial charge in [0.15, 0.2) is 0 Å². The summed E-state index contributed by atoms with van der Waals surface area (Å²) in [7, 11) is 0. The van der Waals surface area contributed by atoms with Gasteiger partial charge in [-0.15, -0.1) is 0 Å². The number of carbonyl (C=O) groups is 1. The van der Waals surface area contributed by atoms with Crippen molar-refractivity contribution in [2.24, 2.45) is 5.92 Å². The summed E-state index contributed by atoms with van der Waals surface area (Å²) in [6, 6.07) is 15.7. The van der Waals surface area contributed by atoms with E-state index in [1.807, 2.05) is 42.5 Å². The molecule has 0 atom stereocenters. The first kappa shape index (κ1) is 18.1. The molecule has 0 unspecified atom stereocenters. The van der Waals surface area contributed by atoms with Crippen molar-refractivity contribution in [3.05, 3.63) is 54.1 Å². The Kier molecular flexibility index (Phi) is 6.86. The summed E-state index contributed by atoms with van der Waals surface area (Å²) in [4.78, 5) is 11.0. The highest BCUT2D eigenvalue weighted by Crippen LogP contribution is 2.32. The van der Waals surface area contributed by atoms with E-state index >= 15 is 0 Å². The third kappa shape index (κ3) is 5.41.